The molecule has 1 heterocycles. The van der Waals surface area contributed by atoms with Gasteiger partial charge in [0.1, 0.15) is 11.6 Å². The van der Waals surface area contributed by atoms with Gasteiger partial charge >= 0.3 is 18.4 Å². The standard InChI is InChI=1S/C28H23F8NO4S/c1-40-24(38)37-15-14-25(17-37,42(39)20-6-3-2-4-7-20)18-10-12-19(13-11-18)26(27(31,32)33,28(34,35)36)41-16-21-22(29)8-5-9-23(21)30/h2-13H,14-17H2,1H3. The van der Waals surface area contributed by atoms with Crippen molar-refractivity contribution in [1.29, 1.82) is 0 Å². The second-order valence-electron chi connectivity index (χ2n) is 9.46. The van der Waals surface area contributed by atoms with Crippen LogP contribution in [0.3, 0.4) is 0 Å². The minimum absolute atomic E-state index is 0.0513. The third-order valence-electron chi connectivity index (χ3n) is 7.09. The highest BCUT2D eigenvalue weighted by molar-refractivity contribution is 7.92. The first-order valence-electron chi connectivity index (χ1n) is 12.3. The number of likely N-dealkylation sites (tertiary alicyclic amines) is 1. The Kier molecular flexibility index (Phi) is 8.82. The fourth-order valence-corrected chi connectivity index (χ4v) is 6.68. The van der Waals surface area contributed by atoms with Crippen molar-refractivity contribution in [3.05, 3.63) is 101 Å². The molecule has 0 aromatic heterocycles. The molecule has 4 rings (SSSR count). The summed E-state index contributed by atoms with van der Waals surface area (Å²) < 4.78 is 136. The van der Waals surface area contributed by atoms with Gasteiger partial charge in [-0.3, -0.25) is 0 Å². The molecule has 2 unspecified atom stereocenters. The Hall–Kier alpha value is -3.36. The Bertz CT molecular complexity index is 1370. The third kappa shape index (κ3) is 5.54. The maximum Gasteiger partial charge on any atom is 0.430 e. The van der Waals surface area contributed by atoms with E-state index in [1.165, 1.54) is 4.90 Å². The minimum atomic E-state index is -6.12. The summed E-state index contributed by atoms with van der Waals surface area (Å²) in [5.41, 5.74) is -7.39. The monoisotopic (exact) mass is 621 g/mol. The first-order chi connectivity index (χ1) is 19.7. The van der Waals surface area contributed by atoms with Crippen LogP contribution in [-0.4, -0.2) is 48.1 Å². The Labute approximate surface area is 238 Å². The molecule has 3 aromatic rings. The van der Waals surface area contributed by atoms with E-state index in [0.717, 1.165) is 25.3 Å². The quantitative estimate of drug-likeness (QED) is 0.211. The van der Waals surface area contributed by atoms with E-state index in [-0.39, 0.29) is 25.1 Å². The van der Waals surface area contributed by atoms with Crippen LogP contribution in [0, 0.1) is 11.6 Å². The van der Waals surface area contributed by atoms with Crippen molar-refractivity contribution < 1.29 is 53.9 Å². The van der Waals surface area contributed by atoms with Crippen LogP contribution in [0.1, 0.15) is 23.1 Å². The summed E-state index contributed by atoms with van der Waals surface area (Å²) in [6.07, 6.45) is -12.9. The number of ether oxygens (including phenoxy) is 2. The van der Waals surface area contributed by atoms with Crippen molar-refractivity contribution in [2.24, 2.45) is 0 Å². The predicted octanol–water partition coefficient (Wildman–Crippen LogP) is 6.98. The molecule has 0 saturated carbocycles. The van der Waals surface area contributed by atoms with Crippen LogP contribution in [0.5, 0.6) is 0 Å². The molecule has 42 heavy (non-hydrogen) atoms. The largest absolute Gasteiger partial charge is 0.611 e. The van der Waals surface area contributed by atoms with E-state index in [4.69, 9.17) is 4.74 Å². The number of hydrogen-bond donors (Lipinski definition) is 0. The maximum atomic E-state index is 14.3. The van der Waals surface area contributed by atoms with Gasteiger partial charge in [-0.1, -0.05) is 48.5 Å². The lowest BCUT2D eigenvalue weighted by Crippen LogP contribution is -2.56. The minimum Gasteiger partial charge on any atom is -0.611 e. The second-order valence-corrected chi connectivity index (χ2v) is 11.3. The van der Waals surface area contributed by atoms with Crippen molar-refractivity contribution in [2.45, 2.75) is 40.6 Å². The zero-order valence-corrected chi connectivity index (χ0v) is 22.6. The summed E-state index contributed by atoms with van der Waals surface area (Å²) in [4.78, 5) is 13.8. The van der Waals surface area contributed by atoms with Crippen LogP contribution in [-0.2, 0) is 37.6 Å². The van der Waals surface area contributed by atoms with E-state index in [9.17, 15) is 44.5 Å². The van der Waals surface area contributed by atoms with Crippen LogP contribution in [0.2, 0.25) is 0 Å². The number of rotatable bonds is 7. The summed E-state index contributed by atoms with van der Waals surface area (Å²) >= 11 is -1.91. The average Bonchev–Trinajstić information content (AvgIpc) is 3.40. The van der Waals surface area contributed by atoms with E-state index in [2.05, 4.69) is 4.74 Å². The van der Waals surface area contributed by atoms with E-state index in [0.29, 0.717) is 29.2 Å². The smallest absolute Gasteiger partial charge is 0.430 e. The highest BCUT2D eigenvalue weighted by Gasteiger charge is 2.73. The number of halogens is 8. The zero-order valence-electron chi connectivity index (χ0n) is 21.8. The molecule has 0 aliphatic carbocycles. The topological polar surface area (TPSA) is 61.8 Å². The lowest BCUT2D eigenvalue weighted by molar-refractivity contribution is -0.392. The molecule has 0 spiro atoms. The van der Waals surface area contributed by atoms with Crippen molar-refractivity contribution in [2.75, 3.05) is 20.2 Å². The van der Waals surface area contributed by atoms with Gasteiger partial charge in [0.2, 0.25) is 0 Å². The molecule has 1 aliphatic heterocycles. The number of carbonyl (C=O) groups is 1. The number of hydrogen-bond acceptors (Lipinski definition) is 4. The summed E-state index contributed by atoms with van der Waals surface area (Å²) in [5, 5.41) is 0. The van der Waals surface area contributed by atoms with E-state index in [1.54, 1.807) is 30.3 Å². The van der Waals surface area contributed by atoms with Crippen molar-refractivity contribution >= 4 is 17.3 Å². The molecular formula is C28H23F8NO4S. The van der Waals surface area contributed by atoms with Gasteiger partial charge in [0.25, 0.3) is 5.60 Å². The average molecular weight is 622 g/mol. The van der Waals surface area contributed by atoms with Crippen LogP contribution in [0.4, 0.5) is 39.9 Å². The fraction of sp³-hybridized carbons (Fsp3) is 0.321. The Morgan fingerprint density at radius 2 is 1.48 bits per heavy atom. The molecule has 1 aliphatic rings. The molecule has 14 heteroatoms. The number of carbonyl (C=O) groups excluding carboxylic acids is 1. The lowest BCUT2D eigenvalue weighted by Gasteiger charge is -2.38. The maximum absolute atomic E-state index is 14.3. The number of alkyl halides is 6. The summed E-state index contributed by atoms with van der Waals surface area (Å²) in [6, 6.07) is 13.2. The summed E-state index contributed by atoms with van der Waals surface area (Å²) in [5.74, 6) is -2.77. The number of nitrogens with zero attached hydrogens (tertiary/aromatic N) is 1. The molecule has 0 N–H and O–H groups in total. The van der Waals surface area contributed by atoms with Gasteiger partial charge in [-0.05, 0) is 35.4 Å². The summed E-state index contributed by atoms with van der Waals surface area (Å²) in [6.45, 7) is -1.83. The van der Waals surface area contributed by atoms with E-state index < -0.39 is 69.3 Å². The number of benzene rings is 3. The highest BCUT2D eigenvalue weighted by Crippen LogP contribution is 2.54. The van der Waals surface area contributed by atoms with Gasteiger partial charge in [0.15, 0.2) is 9.64 Å². The number of amides is 1. The molecule has 5 nitrogen and oxygen atoms in total. The molecule has 0 radical (unpaired) electrons. The van der Waals surface area contributed by atoms with Crippen LogP contribution in [0.15, 0.2) is 77.7 Å². The van der Waals surface area contributed by atoms with Crippen LogP contribution in [0.25, 0.3) is 0 Å². The van der Waals surface area contributed by atoms with Gasteiger partial charge in [0.05, 0.1) is 20.3 Å². The van der Waals surface area contributed by atoms with Gasteiger partial charge in [0, 0.05) is 29.7 Å². The molecule has 0 bridgehead atoms. The molecule has 2 atom stereocenters. The third-order valence-corrected chi connectivity index (χ3v) is 9.07. The Morgan fingerprint density at radius 1 is 0.905 bits per heavy atom. The zero-order chi connectivity index (χ0) is 30.9. The van der Waals surface area contributed by atoms with Gasteiger partial charge in [-0.15, -0.1) is 0 Å². The SMILES string of the molecule is COC(=O)N1CCC(c2ccc(C(OCc3c(F)cccc3F)(C(F)(F)F)C(F)(F)F)cc2)([S+]([O-])c2ccccc2)C1. The van der Waals surface area contributed by atoms with E-state index in [1.807, 2.05) is 0 Å². The van der Waals surface area contributed by atoms with Gasteiger partial charge in [-0.25, -0.2) is 13.6 Å². The molecule has 226 valence electrons. The van der Waals surface area contributed by atoms with Gasteiger partial charge < -0.3 is 18.9 Å². The highest BCUT2D eigenvalue weighted by atomic mass is 32.2. The van der Waals surface area contributed by atoms with Gasteiger partial charge in [-0.2, -0.15) is 26.3 Å². The predicted molar refractivity (Wildman–Crippen MR) is 135 cm³/mol. The second kappa shape index (κ2) is 11.7. The molecule has 3 aromatic carbocycles. The van der Waals surface area contributed by atoms with Crippen molar-refractivity contribution in [3.8, 4) is 0 Å². The van der Waals surface area contributed by atoms with Crippen LogP contribution < -0.4 is 0 Å². The molecule has 1 fully saturated rings. The molecule has 1 amide bonds. The molecule has 1 saturated heterocycles. The van der Waals surface area contributed by atoms with Crippen molar-refractivity contribution in [1.82, 2.24) is 4.90 Å². The molecular weight excluding hydrogens is 598 g/mol. The van der Waals surface area contributed by atoms with Crippen LogP contribution >= 0.6 is 0 Å². The lowest BCUT2D eigenvalue weighted by atomic mass is 9.88. The first-order valence-corrected chi connectivity index (χ1v) is 13.4. The fourth-order valence-electron chi connectivity index (χ4n) is 4.92. The van der Waals surface area contributed by atoms with E-state index >= 15 is 0 Å². The number of methoxy groups -OCH3 is 1. The Morgan fingerprint density at radius 3 is 2.00 bits per heavy atom. The first kappa shape index (κ1) is 31.6. The Balaban J connectivity index is 1.80. The summed E-state index contributed by atoms with van der Waals surface area (Å²) in [7, 11) is 1.13. The normalized spacial score (nSPS) is 18.7. The van der Waals surface area contributed by atoms with Crippen molar-refractivity contribution in [3.63, 3.8) is 0 Å².